The van der Waals surface area contributed by atoms with Crippen molar-refractivity contribution in [1.29, 1.82) is 0 Å². The number of likely N-dealkylation sites (tertiary alicyclic amines) is 1. The van der Waals surface area contributed by atoms with E-state index in [0.29, 0.717) is 51.3 Å². The first-order valence-corrected chi connectivity index (χ1v) is 15.3. The van der Waals surface area contributed by atoms with E-state index in [2.05, 4.69) is 0 Å². The minimum Gasteiger partial charge on any atom is -0.494 e. The summed E-state index contributed by atoms with van der Waals surface area (Å²) in [5, 5.41) is 9.30. The van der Waals surface area contributed by atoms with Crippen molar-refractivity contribution in [2.75, 3.05) is 37.7 Å². The van der Waals surface area contributed by atoms with Gasteiger partial charge in [-0.3, -0.25) is 14.4 Å². The number of hydrogen-bond acceptors (Lipinski definition) is 6. The summed E-state index contributed by atoms with van der Waals surface area (Å²) in [7, 11) is 0. The summed E-state index contributed by atoms with van der Waals surface area (Å²) in [6.07, 6.45) is 8.94. The van der Waals surface area contributed by atoms with Gasteiger partial charge in [-0.05, 0) is 56.0 Å². The van der Waals surface area contributed by atoms with Crippen LogP contribution in [0.25, 0.3) is 0 Å². The molecule has 1 unspecified atom stereocenters. The average Bonchev–Trinajstić information content (AvgIpc) is 3.33. The highest BCUT2D eigenvalue weighted by molar-refractivity contribution is 6.03. The highest BCUT2D eigenvalue weighted by Crippen LogP contribution is 2.53. The highest BCUT2D eigenvalue weighted by Gasteiger charge is 2.71. The maximum Gasteiger partial charge on any atom is 0.249 e. The van der Waals surface area contributed by atoms with Crippen molar-refractivity contribution in [3.63, 3.8) is 0 Å². The van der Waals surface area contributed by atoms with Crippen LogP contribution in [0.2, 0.25) is 0 Å². The second-order valence-electron chi connectivity index (χ2n) is 11.6. The fraction of sp³-hybridized carbons (Fsp3) is 0.441. The van der Waals surface area contributed by atoms with Crippen LogP contribution in [-0.4, -0.2) is 83.2 Å². The minimum atomic E-state index is -1.26. The number of benzene rings is 2. The van der Waals surface area contributed by atoms with Gasteiger partial charge >= 0.3 is 0 Å². The van der Waals surface area contributed by atoms with E-state index in [1.54, 1.807) is 14.7 Å². The summed E-state index contributed by atoms with van der Waals surface area (Å²) < 4.78 is 12.3. The normalized spacial score (nSPS) is 28.0. The van der Waals surface area contributed by atoms with Crippen molar-refractivity contribution in [3.05, 3.63) is 84.5 Å². The molecule has 9 nitrogen and oxygen atoms in total. The molecule has 226 valence electrons. The van der Waals surface area contributed by atoms with Crippen LogP contribution < -0.4 is 9.64 Å². The second-order valence-corrected chi connectivity index (χ2v) is 11.6. The largest absolute Gasteiger partial charge is 0.494 e. The molecule has 4 aliphatic rings. The Morgan fingerprint density at radius 3 is 2.47 bits per heavy atom. The van der Waals surface area contributed by atoms with E-state index in [-0.39, 0.29) is 24.3 Å². The lowest BCUT2D eigenvalue weighted by atomic mass is 9.77. The summed E-state index contributed by atoms with van der Waals surface area (Å²) >= 11 is 0. The maximum atomic E-state index is 14.4. The Bertz CT molecular complexity index is 1390. The van der Waals surface area contributed by atoms with E-state index in [4.69, 9.17) is 9.47 Å². The zero-order valence-corrected chi connectivity index (χ0v) is 24.5. The number of anilines is 1. The van der Waals surface area contributed by atoms with Gasteiger partial charge in [0.15, 0.2) is 0 Å². The van der Waals surface area contributed by atoms with Gasteiger partial charge in [0.1, 0.15) is 17.4 Å². The van der Waals surface area contributed by atoms with E-state index in [9.17, 15) is 19.5 Å². The van der Waals surface area contributed by atoms with Gasteiger partial charge in [-0.25, -0.2) is 0 Å². The third-order valence-electron chi connectivity index (χ3n) is 8.97. The number of amides is 3. The maximum absolute atomic E-state index is 14.4. The molecular formula is C34H39N3O6. The molecule has 43 heavy (non-hydrogen) atoms. The number of carbonyl (C=O) groups is 3. The van der Waals surface area contributed by atoms with Crippen molar-refractivity contribution in [2.45, 2.75) is 50.5 Å². The smallest absolute Gasteiger partial charge is 0.249 e. The Hall–Kier alpha value is -3.95. The fourth-order valence-corrected chi connectivity index (χ4v) is 7.06. The van der Waals surface area contributed by atoms with E-state index in [0.717, 1.165) is 17.7 Å². The first-order valence-electron chi connectivity index (χ1n) is 15.3. The third-order valence-corrected chi connectivity index (χ3v) is 8.97. The first-order chi connectivity index (χ1) is 21.0. The summed E-state index contributed by atoms with van der Waals surface area (Å²) in [5.74, 6) is -1.49. The van der Waals surface area contributed by atoms with Crippen LogP contribution >= 0.6 is 0 Å². The van der Waals surface area contributed by atoms with Crippen molar-refractivity contribution >= 4 is 23.4 Å². The van der Waals surface area contributed by atoms with E-state index < -0.39 is 29.6 Å². The van der Waals surface area contributed by atoms with Crippen molar-refractivity contribution in [1.82, 2.24) is 9.80 Å². The number of hydrogen-bond donors (Lipinski definition) is 1. The molecule has 5 atom stereocenters. The van der Waals surface area contributed by atoms with Gasteiger partial charge in [0, 0.05) is 38.5 Å². The lowest BCUT2D eigenvalue weighted by Gasteiger charge is -2.35. The summed E-state index contributed by atoms with van der Waals surface area (Å²) in [5.41, 5.74) is 0.453. The van der Waals surface area contributed by atoms with Gasteiger partial charge < -0.3 is 29.3 Å². The number of rotatable bonds is 10. The van der Waals surface area contributed by atoms with Crippen LogP contribution in [0.5, 0.6) is 5.75 Å². The minimum absolute atomic E-state index is 0.0749. The SMILES string of the molecule is CCOc1ccc(N2CC=C[C@H]3O[C@]45C=CCN(Cc6ccccc6)C(=O)C4N(CCCCCO)C(=O)[C@@H]5[C@H]3C2=O)cc1. The number of nitrogens with zero attached hydrogens (tertiary/aromatic N) is 3. The number of aliphatic hydroxyl groups is 1. The number of fused-ring (bicyclic) bond motifs is 2. The molecule has 1 N–H and O–H groups in total. The molecule has 2 fully saturated rings. The number of carbonyl (C=O) groups excluding carboxylic acids is 3. The molecule has 4 aliphatic heterocycles. The standard InChI is InChI=1S/C34H39N3O6/c1-2-42-26-16-14-25(15-17-26)36-21-9-13-27-28(31(36)39)29-32(40)37(20-7-4-8-22-38)30-33(41)35(19-10-18-34(29,30)43-27)23-24-11-5-3-6-12-24/h3,5-6,9-18,27-30,38H,2,4,7-8,19-23H2,1H3/t27-,28+,29+,30?,34+/m1/s1. The predicted octanol–water partition coefficient (Wildman–Crippen LogP) is 3.33. The molecule has 3 amide bonds. The Labute approximate surface area is 252 Å². The Morgan fingerprint density at radius 1 is 0.930 bits per heavy atom. The van der Waals surface area contributed by atoms with Gasteiger partial charge in [0.25, 0.3) is 0 Å². The quantitative estimate of drug-likeness (QED) is 0.339. The molecular weight excluding hydrogens is 546 g/mol. The van der Waals surface area contributed by atoms with Crippen LogP contribution in [0.4, 0.5) is 5.69 Å². The van der Waals surface area contributed by atoms with Crippen LogP contribution in [0, 0.1) is 11.8 Å². The van der Waals surface area contributed by atoms with Crippen molar-refractivity contribution in [3.8, 4) is 5.75 Å². The zero-order chi connectivity index (χ0) is 30.0. The number of ether oxygens (including phenoxy) is 2. The molecule has 1 spiro atoms. The summed E-state index contributed by atoms with van der Waals surface area (Å²) in [6, 6.07) is 16.3. The van der Waals surface area contributed by atoms with Gasteiger partial charge in [-0.15, -0.1) is 0 Å². The lowest BCUT2D eigenvalue weighted by Crippen LogP contribution is -2.55. The van der Waals surface area contributed by atoms with Crippen molar-refractivity contribution in [2.24, 2.45) is 11.8 Å². The van der Waals surface area contributed by atoms with Crippen LogP contribution in [-0.2, 0) is 25.7 Å². The molecule has 0 bridgehead atoms. The monoisotopic (exact) mass is 585 g/mol. The predicted molar refractivity (Wildman–Crippen MR) is 161 cm³/mol. The molecule has 4 heterocycles. The zero-order valence-electron chi connectivity index (χ0n) is 24.5. The van der Waals surface area contributed by atoms with Crippen molar-refractivity contribution < 1.29 is 29.0 Å². The molecule has 9 heteroatoms. The molecule has 0 saturated carbocycles. The topological polar surface area (TPSA) is 99.6 Å². The molecule has 2 aromatic carbocycles. The number of aliphatic hydroxyl groups excluding tert-OH is 1. The Balaban J connectivity index is 1.35. The highest BCUT2D eigenvalue weighted by atomic mass is 16.5. The van der Waals surface area contributed by atoms with E-state index >= 15 is 0 Å². The third kappa shape index (κ3) is 5.25. The molecule has 0 radical (unpaired) electrons. The molecule has 0 aliphatic carbocycles. The van der Waals surface area contributed by atoms with Gasteiger partial charge in [0.05, 0.1) is 24.5 Å². The Kier molecular flexibility index (Phi) is 8.36. The lowest BCUT2D eigenvalue weighted by molar-refractivity contribution is -0.147. The molecule has 2 aromatic rings. The van der Waals surface area contributed by atoms with Crippen LogP contribution in [0.15, 0.2) is 78.9 Å². The molecule has 6 rings (SSSR count). The van der Waals surface area contributed by atoms with Gasteiger partial charge in [-0.1, -0.05) is 54.6 Å². The summed E-state index contributed by atoms with van der Waals surface area (Å²) in [6.45, 7) is 4.04. The second kappa shape index (κ2) is 12.3. The first kappa shape index (κ1) is 29.1. The van der Waals surface area contributed by atoms with Gasteiger partial charge in [-0.2, -0.15) is 0 Å². The molecule has 0 aromatic heterocycles. The average molecular weight is 586 g/mol. The fourth-order valence-electron chi connectivity index (χ4n) is 7.06. The number of unbranched alkanes of at least 4 members (excludes halogenated alkanes) is 2. The van der Waals surface area contributed by atoms with Gasteiger partial charge in [0.2, 0.25) is 17.7 Å². The summed E-state index contributed by atoms with van der Waals surface area (Å²) in [4.78, 5) is 48.2. The van der Waals surface area contributed by atoms with Crippen LogP contribution in [0.1, 0.15) is 31.7 Å². The Morgan fingerprint density at radius 2 is 1.72 bits per heavy atom. The van der Waals surface area contributed by atoms with Crippen LogP contribution in [0.3, 0.4) is 0 Å². The van der Waals surface area contributed by atoms with E-state index in [1.165, 1.54) is 0 Å². The van der Waals surface area contributed by atoms with E-state index in [1.807, 2.05) is 85.8 Å². The molecule has 2 saturated heterocycles.